The Morgan fingerprint density at radius 3 is 2.97 bits per heavy atom. The lowest BCUT2D eigenvalue weighted by atomic mass is 10.1. The highest BCUT2D eigenvalue weighted by Crippen LogP contribution is 2.37. The lowest BCUT2D eigenvalue weighted by Gasteiger charge is -2.23. The van der Waals surface area contributed by atoms with Gasteiger partial charge in [-0.3, -0.25) is 9.69 Å². The number of aromatic nitrogens is 1. The minimum absolute atomic E-state index is 0.163. The number of nitrogens with zero attached hydrogens (tertiary/aromatic N) is 2. The summed E-state index contributed by atoms with van der Waals surface area (Å²) in [5, 5.41) is 4.75. The molecule has 0 bridgehead atoms. The van der Waals surface area contributed by atoms with Crippen LogP contribution < -0.4 is 10.9 Å². The Balaban J connectivity index is 1.48. The van der Waals surface area contributed by atoms with Gasteiger partial charge in [0.25, 0.3) is 0 Å². The summed E-state index contributed by atoms with van der Waals surface area (Å²) in [6.07, 6.45) is 2.17. The Hall–Kier alpha value is -3.03. The van der Waals surface area contributed by atoms with Crippen molar-refractivity contribution >= 4 is 44.1 Å². The molecule has 1 aliphatic heterocycles. The van der Waals surface area contributed by atoms with Gasteiger partial charge >= 0.3 is 5.63 Å². The topological polar surface area (TPSA) is 75.4 Å². The number of hydrogen-bond donors (Lipinski definition) is 1. The first-order chi connectivity index (χ1) is 14.6. The zero-order chi connectivity index (χ0) is 20.7. The third kappa shape index (κ3) is 3.62. The highest BCUT2D eigenvalue weighted by Gasteiger charge is 2.29. The molecule has 152 valence electrons. The summed E-state index contributed by atoms with van der Waals surface area (Å²) in [7, 11) is 0. The molecule has 1 aliphatic rings. The molecule has 2 aromatic carbocycles. The van der Waals surface area contributed by atoms with Gasteiger partial charge in [0, 0.05) is 36.7 Å². The van der Waals surface area contributed by atoms with Gasteiger partial charge in [-0.25, -0.2) is 9.78 Å². The normalized spacial score (nSPS) is 17.0. The van der Waals surface area contributed by atoms with Crippen molar-refractivity contribution < 1.29 is 9.21 Å². The summed E-state index contributed by atoms with van der Waals surface area (Å²) < 4.78 is 6.61. The molecule has 0 spiro atoms. The molecule has 7 heteroatoms. The summed E-state index contributed by atoms with van der Waals surface area (Å²) in [4.78, 5) is 30.8. The molecule has 1 atom stereocenters. The Labute approximate surface area is 177 Å². The van der Waals surface area contributed by atoms with Crippen molar-refractivity contribution in [2.75, 3.05) is 11.9 Å². The summed E-state index contributed by atoms with van der Waals surface area (Å²) in [5.74, 6) is -0.163. The van der Waals surface area contributed by atoms with Gasteiger partial charge in [-0.15, -0.1) is 11.3 Å². The summed E-state index contributed by atoms with van der Waals surface area (Å²) >= 11 is 1.75. The Morgan fingerprint density at radius 2 is 2.13 bits per heavy atom. The average Bonchev–Trinajstić information content (AvgIpc) is 3.33. The predicted octanol–water partition coefficient (Wildman–Crippen LogP) is 4.70. The SMILES string of the molecule is CC(=O)Nc1ccc2c(CN3CCCC3c3nc4ccccc4s3)cc(=O)oc2c1. The Kier molecular flexibility index (Phi) is 4.84. The van der Waals surface area contributed by atoms with Gasteiger partial charge < -0.3 is 9.73 Å². The fourth-order valence-electron chi connectivity index (χ4n) is 4.19. The number of carbonyl (C=O) groups is 1. The van der Waals surface area contributed by atoms with E-state index in [1.54, 1.807) is 23.5 Å². The summed E-state index contributed by atoms with van der Waals surface area (Å²) in [6, 6.07) is 15.5. The number of carbonyl (C=O) groups excluding carboxylic acids is 1. The monoisotopic (exact) mass is 419 g/mol. The first kappa shape index (κ1) is 19.0. The second-order valence-corrected chi connectivity index (χ2v) is 8.69. The van der Waals surface area contributed by atoms with Crippen LogP contribution in [0.3, 0.4) is 0 Å². The van der Waals surface area contributed by atoms with Crippen molar-refractivity contribution in [1.82, 2.24) is 9.88 Å². The fourth-order valence-corrected chi connectivity index (χ4v) is 5.33. The van der Waals surface area contributed by atoms with Gasteiger partial charge in [-0.1, -0.05) is 12.1 Å². The maximum Gasteiger partial charge on any atom is 0.336 e. The number of thiazole rings is 1. The molecule has 5 rings (SSSR count). The first-order valence-corrected chi connectivity index (χ1v) is 10.8. The van der Waals surface area contributed by atoms with Crippen molar-refractivity contribution in [2.45, 2.75) is 32.4 Å². The van der Waals surface area contributed by atoms with Gasteiger partial charge in [-0.2, -0.15) is 0 Å². The number of benzene rings is 2. The summed E-state index contributed by atoms with van der Waals surface area (Å²) in [5.41, 5.74) is 2.70. The van der Waals surface area contributed by atoms with Gasteiger partial charge in [0.15, 0.2) is 0 Å². The zero-order valence-electron chi connectivity index (χ0n) is 16.6. The Morgan fingerprint density at radius 1 is 1.27 bits per heavy atom. The van der Waals surface area contributed by atoms with Gasteiger partial charge in [0.1, 0.15) is 10.6 Å². The van der Waals surface area contributed by atoms with E-state index in [0.717, 1.165) is 40.9 Å². The molecule has 1 unspecified atom stereocenters. The lowest BCUT2D eigenvalue weighted by molar-refractivity contribution is -0.114. The minimum atomic E-state index is -0.381. The van der Waals surface area contributed by atoms with Crippen LogP contribution in [0.4, 0.5) is 5.69 Å². The van der Waals surface area contributed by atoms with Crippen LogP contribution in [0, 0.1) is 0 Å². The minimum Gasteiger partial charge on any atom is -0.423 e. The van der Waals surface area contributed by atoms with E-state index in [0.29, 0.717) is 17.8 Å². The van der Waals surface area contributed by atoms with Gasteiger partial charge in [-0.05, 0) is 49.2 Å². The maximum atomic E-state index is 12.2. The molecule has 3 heterocycles. The fraction of sp³-hybridized carbons (Fsp3) is 0.261. The molecule has 0 saturated carbocycles. The van der Waals surface area contributed by atoms with E-state index in [2.05, 4.69) is 22.3 Å². The molecule has 4 aromatic rings. The molecule has 0 aliphatic carbocycles. The molecule has 6 nitrogen and oxygen atoms in total. The summed E-state index contributed by atoms with van der Waals surface area (Å²) in [6.45, 7) is 3.07. The molecule has 1 saturated heterocycles. The number of nitrogens with one attached hydrogen (secondary N) is 1. The van der Waals surface area contributed by atoms with Crippen LogP contribution in [0.5, 0.6) is 0 Å². The van der Waals surface area contributed by atoms with Crippen LogP contribution in [-0.4, -0.2) is 22.3 Å². The van der Waals surface area contributed by atoms with Gasteiger partial charge in [0.2, 0.25) is 5.91 Å². The molecule has 1 amide bonds. The second-order valence-electron chi connectivity index (χ2n) is 7.63. The lowest BCUT2D eigenvalue weighted by Crippen LogP contribution is -2.23. The molecule has 1 fully saturated rings. The number of fused-ring (bicyclic) bond motifs is 2. The van der Waals surface area contributed by atoms with E-state index in [4.69, 9.17) is 9.40 Å². The van der Waals surface area contributed by atoms with E-state index >= 15 is 0 Å². The number of likely N-dealkylation sites (tertiary alicyclic amines) is 1. The molecule has 1 N–H and O–H groups in total. The Bertz CT molecular complexity index is 1280. The number of anilines is 1. The predicted molar refractivity (Wildman–Crippen MR) is 119 cm³/mol. The molecule has 30 heavy (non-hydrogen) atoms. The third-order valence-electron chi connectivity index (χ3n) is 5.48. The zero-order valence-corrected chi connectivity index (χ0v) is 17.4. The van der Waals surface area contributed by atoms with Crippen LogP contribution in [0.15, 0.2) is 57.7 Å². The maximum absolute atomic E-state index is 12.2. The van der Waals surface area contributed by atoms with Crippen LogP contribution in [0.1, 0.15) is 36.4 Å². The van der Waals surface area contributed by atoms with Crippen LogP contribution in [0.2, 0.25) is 0 Å². The van der Waals surface area contributed by atoms with Crippen molar-refractivity contribution in [3.05, 3.63) is 69.5 Å². The highest BCUT2D eigenvalue weighted by molar-refractivity contribution is 7.18. The van der Waals surface area contributed by atoms with Crippen LogP contribution in [-0.2, 0) is 11.3 Å². The number of amides is 1. The molecular formula is C23H21N3O3S. The van der Waals surface area contributed by atoms with E-state index < -0.39 is 0 Å². The van der Waals surface area contributed by atoms with Crippen LogP contribution in [0.25, 0.3) is 21.2 Å². The smallest absolute Gasteiger partial charge is 0.336 e. The first-order valence-electron chi connectivity index (χ1n) is 10.0. The average molecular weight is 420 g/mol. The van der Waals surface area contributed by atoms with E-state index in [-0.39, 0.29) is 17.6 Å². The van der Waals surface area contributed by atoms with E-state index in [1.165, 1.54) is 11.6 Å². The quantitative estimate of drug-likeness (QED) is 0.485. The van der Waals surface area contributed by atoms with Crippen LogP contribution >= 0.6 is 11.3 Å². The van der Waals surface area contributed by atoms with Crippen molar-refractivity contribution in [3.63, 3.8) is 0 Å². The number of para-hydroxylation sites is 1. The van der Waals surface area contributed by atoms with Crippen molar-refractivity contribution in [3.8, 4) is 0 Å². The standard InChI is InChI=1S/C23H21N3O3S/c1-14(27)24-16-8-9-17-15(11-22(28)29-20(17)12-16)13-26-10-4-6-19(26)23-25-18-5-2-3-7-21(18)30-23/h2-3,5,7-9,11-12,19H,4,6,10,13H2,1H3,(H,24,27). The van der Waals surface area contributed by atoms with E-state index in [9.17, 15) is 9.59 Å². The highest BCUT2D eigenvalue weighted by atomic mass is 32.1. The van der Waals surface area contributed by atoms with Gasteiger partial charge in [0.05, 0.1) is 16.3 Å². The van der Waals surface area contributed by atoms with Crippen molar-refractivity contribution in [1.29, 1.82) is 0 Å². The number of hydrogen-bond acceptors (Lipinski definition) is 6. The van der Waals surface area contributed by atoms with Crippen molar-refractivity contribution in [2.24, 2.45) is 0 Å². The largest absolute Gasteiger partial charge is 0.423 e. The molecular weight excluding hydrogens is 398 g/mol. The third-order valence-corrected chi connectivity index (χ3v) is 6.62. The molecule has 2 aromatic heterocycles. The van der Waals surface area contributed by atoms with E-state index in [1.807, 2.05) is 24.3 Å². The second kappa shape index (κ2) is 7.66. The number of rotatable bonds is 4. The molecule has 0 radical (unpaired) electrons.